The van der Waals surface area contributed by atoms with Crippen molar-refractivity contribution in [2.75, 3.05) is 0 Å². The van der Waals surface area contributed by atoms with Crippen LogP contribution in [0.5, 0.6) is 0 Å². The van der Waals surface area contributed by atoms with Gasteiger partial charge in [0.05, 0.1) is 16.6 Å². The molecule has 0 aliphatic rings. The monoisotopic (exact) mass is 349 g/mol. The topological polar surface area (TPSA) is 43.8 Å². The number of imidazole rings is 1. The van der Waals surface area contributed by atoms with Gasteiger partial charge in [0, 0.05) is 11.7 Å². The number of aromatic nitrogens is 2. The number of hydrogen-bond acceptors (Lipinski definition) is 2. The lowest BCUT2D eigenvalue weighted by atomic mass is 10.0. The van der Waals surface area contributed by atoms with Gasteiger partial charge in [-0.05, 0) is 54.4 Å². The molecule has 0 saturated heterocycles. The maximum atomic E-state index is 14.1. The molecule has 26 heavy (non-hydrogen) atoms. The molecule has 5 heteroatoms. The summed E-state index contributed by atoms with van der Waals surface area (Å²) in [5.74, 6) is -1.17. The standard InChI is InChI=1S/C21H17F2N3/c1-13(24)14-8-9-20-19(11-14)25-12-26(20)16-5-2-4-15(10-16)21-17(22)6-3-7-18(21)23/h2-13H,24H2,1H3. The number of rotatable bonds is 3. The number of nitrogens with zero attached hydrogens (tertiary/aromatic N) is 2. The summed E-state index contributed by atoms with van der Waals surface area (Å²) >= 11 is 0. The molecule has 2 N–H and O–H groups in total. The number of benzene rings is 3. The van der Waals surface area contributed by atoms with Gasteiger partial charge in [-0.15, -0.1) is 0 Å². The molecule has 3 aromatic carbocycles. The van der Waals surface area contributed by atoms with E-state index in [1.54, 1.807) is 24.5 Å². The van der Waals surface area contributed by atoms with E-state index in [1.165, 1.54) is 18.2 Å². The van der Waals surface area contributed by atoms with Gasteiger partial charge in [0.25, 0.3) is 0 Å². The molecule has 1 unspecified atom stereocenters. The van der Waals surface area contributed by atoms with E-state index in [2.05, 4.69) is 4.98 Å². The Balaban J connectivity index is 1.84. The molecule has 0 bridgehead atoms. The fourth-order valence-electron chi connectivity index (χ4n) is 3.10. The molecule has 0 fully saturated rings. The Morgan fingerprint density at radius 2 is 1.69 bits per heavy atom. The van der Waals surface area contributed by atoms with Crippen LogP contribution < -0.4 is 5.73 Å². The van der Waals surface area contributed by atoms with Gasteiger partial charge in [-0.2, -0.15) is 0 Å². The number of hydrogen-bond donors (Lipinski definition) is 1. The van der Waals surface area contributed by atoms with E-state index in [-0.39, 0.29) is 11.6 Å². The van der Waals surface area contributed by atoms with Crippen LogP contribution >= 0.6 is 0 Å². The Morgan fingerprint density at radius 1 is 0.962 bits per heavy atom. The second kappa shape index (κ2) is 6.35. The molecular formula is C21H17F2N3. The van der Waals surface area contributed by atoms with Crippen molar-refractivity contribution in [3.63, 3.8) is 0 Å². The highest BCUT2D eigenvalue weighted by Crippen LogP contribution is 2.29. The second-order valence-corrected chi connectivity index (χ2v) is 6.30. The van der Waals surface area contributed by atoms with Crippen LogP contribution in [-0.4, -0.2) is 9.55 Å². The van der Waals surface area contributed by atoms with Gasteiger partial charge in [-0.3, -0.25) is 4.57 Å². The Morgan fingerprint density at radius 3 is 2.42 bits per heavy atom. The first-order valence-corrected chi connectivity index (χ1v) is 8.32. The Labute approximate surface area is 149 Å². The molecule has 130 valence electrons. The predicted octanol–water partition coefficient (Wildman–Crippen LogP) is 4.99. The highest BCUT2D eigenvalue weighted by atomic mass is 19.1. The summed E-state index contributed by atoms with van der Waals surface area (Å²) in [5, 5.41) is 0. The third-order valence-electron chi connectivity index (χ3n) is 4.47. The van der Waals surface area contributed by atoms with Crippen LogP contribution in [0.3, 0.4) is 0 Å². The minimum atomic E-state index is -0.584. The molecule has 1 aromatic heterocycles. The Bertz CT molecular complexity index is 1080. The maximum absolute atomic E-state index is 14.1. The number of nitrogens with two attached hydrogens (primary N) is 1. The van der Waals surface area contributed by atoms with E-state index >= 15 is 0 Å². The van der Waals surface area contributed by atoms with E-state index in [0.29, 0.717) is 5.56 Å². The first kappa shape index (κ1) is 16.4. The van der Waals surface area contributed by atoms with Crippen molar-refractivity contribution >= 4 is 11.0 Å². The fourth-order valence-corrected chi connectivity index (χ4v) is 3.10. The van der Waals surface area contributed by atoms with E-state index in [9.17, 15) is 8.78 Å². The SMILES string of the molecule is CC(N)c1ccc2c(c1)ncn2-c1cccc(-c2c(F)cccc2F)c1. The van der Waals surface area contributed by atoms with Crippen LogP contribution in [-0.2, 0) is 0 Å². The van der Waals surface area contributed by atoms with Crippen molar-refractivity contribution in [3.8, 4) is 16.8 Å². The van der Waals surface area contributed by atoms with Crippen LogP contribution in [0.25, 0.3) is 27.8 Å². The van der Waals surface area contributed by atoms with Crippen molar-refractivity contribution in [1.82, 2.24) is 9.55 Å². The quantitative estimate of drug-likeness (QED) is 0.566. The third kappa shape index (κ3) is 2.76. The van der Waals surface area contributed by atoms with Crippen LogP contribution in [0.2, 0.25) is 0 Å². The first-order valence-electron chi connectivity index (χ1n) is 8.32. The van der Waals surface area contributed by atoms with Crippen molar-refractivity contribution < 1.29 is 8.78 Å². The highest BCUT2D eigenvalue weighted by Gasteiger charge is 2.13. The summed E-state index contributed by atoms with van der Waals surface area (Å²) in [6, 6.07) is 16.8. The maximum Gasteiger partial charge on any atom is 0.133 e. The Hall–Kier alpha value is -3.05. The Kier molecular flexibility index (Phi) is 4.01. The van der Waals surface area contributed by atoms with E-state index < -0.39 is 11.6 Å². The molecule has 1 heterocycles. The molecule has 0 aliphatic heterocycles. The van der Waals surface area contributed by atoms with E-state index in [0.717, 1.165) is 22.3 Å². The summed E-state index contributed by atoms with van der Waals surface area (Å²) in [4.78, 5) is 4.43. The molecule has 4 aromatic rings. The molecule has 0 spiro atoms. The molecule has 1 atom stereocenters. The highest BCUT2D eigenvalue weighted by molar-refractivity contribution is 5.79. The van der Waals surface area contributed by atoms with Crippen LogP contribution in [0.15, 0.2) is 67.0 Å². The van der Waals surface area contributed by atoms with Gasteiger partial charge in [0.1, 0.15) is 18.0 Å². The van der Waals surface area contributed by atoms with Gasteiger partial charge in [0.2, 0.25) is 0 Å². The molecule has 0 radical (unpaired) electrons. The van der Waals surface area contributed by atoms with Crippen molar-refractivity contribution in [2.45, 2.75) is 13.0 Å². The van der Waals surface area contributed by atoms with E-state index in [1.807, 2.05) is 35.8 Å². The lowest BCUT2D eigenvalue weighted by Crippen LogP contribution is -2.04. The van der Waals surface area contributed by atoms with Crippen LogP contribution in [0.4, 0.5) is 8.78 Å². The average molecular weight is 349 g/mol. The summed E-state index contributed by atoms with van der Waals surface area (Å²) in [6.45, 7) is 1.92. The normalized spacial score (nSPS) is 12.5. The molecule has 0 aliphatic carbocycles. The number of fused-ring (bicyclic) bond motifs is 1. The summed E-state index contributed by atoms with van der Waals surface area (Å²) < 4.78 is 30.1. The molecule has 0 saturated carbocycles. The summed E-state index contributed by atoms with van der Waals surface area (Å²) in [5.41, 5.74) is 9.89. The zero-order valence-electron chi connectivity index (χ0n) is 14.2. The zero-order valence-corrected chi connectivity index (χ0v) is 14.2. The molecule has 0 amide bonds. The molecule has 4 rings (SSSR count). The second-order valence-electron chi connectivity index (χ2n) is 6.30. The smallest absolute Gasteiger partial charge is 0.133 e. The van der Waals surface area contributed by atoms with E-state index in [4.69, 9.17) is 5.73 Å². The number of halogens is 2. The van der Waals surface area contributed by atoms with Gasteiger partial charge >= 0.3 is 0 Å². The van der Waals surface area contributed by atoms with Crippen LogP contribution in [0, 0.1) is 11.6 Å². The summed E-state index contributed by atoms with van der Waals surface area (Å²) in [6.07, 6.45) is 1.70. The van der Waals surface area contributed by atoms with Crippen LogP contribution in [0.1, 0.15) is 18.5 Å². The van der Waals surface area contributed by atoms with Crippen molar-refractivity contribution in [1.29, 1.82) is 0 Å². The minimum absolute atomic E-state index is 0.0296. The van der Waals surface area contributed by atoms with Gasteiger partial charge in [-0.1, -0.05) is 24.3 Å². The predicted molar refractivity (Wildman–Crippen MR) is 99.0 cm³/mol. The first-order chi connectivity index (χ1) is 12.5. The molecule has 3 nitrogen and oxygen atoms in total. The third-order valence-corrected chi connectivity index (χ3v) is 4.47. The minimum Gasteiger partial charge on any atom is -0.324 e. The summed E-state index contributed by atoms with van der Waals surface area (Å²) in [7, 11) is 0. The van der Waals surface area contributed by atoms with Gasteiger partial charge in [-0.25, -0.2) is 13.8 Å². The lowest BCUT2D eigenvalue weighted by Gasteiger charge is -2.10. The largest absolute Gasteiger partial charge is 0.324 e. The fraction of sp³-hybridized carbons (Fsp3) is 0.0952. The average Bonchev–Trinajstić information content (AvgIpc) is 3.05. The van der Waals surface area contributed by atoms with Gasteiger partial charge < -0.3 is 5.73 Å². The van der Waals surface area contributed by atoms with Gasteiger partial charge in [0.15, 0.2) is 0 Å². The lowest BCUT2D eigenvalue weighted by molar-refractivity contribution is 0.589. The van der Waals surface area contributed by atoms with Crippen molar-refractivity contribution in [2.24, 2.45) is 5.73 Å². The molecular weight excluding hydrogens is 332 g/mol. The van der Waals surface area contributed by atoms with Crippen molar-refractivity contribution in [3.05, 3.63) is 84.2 Å². The zero-order chi connectivity index (χ0) is 18.3.